The average molecular weight is 226 g/mol. The Labute approximate surface area is 97.5 Å². The minimum Gasteiger partial charge on any atom is -0.480 e. The van der Waals surface area contributed by atoms with Crippen molar-refractivity contribution in [3.63, 3.8) is 0 Å². The highest BCUT2D eigenvalue weighted by Gasteiger charge is 2.38. The highest BCUT2D eigenvalue weighted by molar-refractivity contribution is 6.01. The van der Waals surface area contributed by atoms with E-state index in [4.69, 9.17) is 5.11 Å². The van der Waals surface area contributed by atoms with E-state index in [2.05, 4.69) is 0 Å². The Morgan fingerprint density at radius 2 is 1.56 bits per heavy atom. The zero-order valence-electron chi connectivity index (χ0n) is 10.9. The van der Waals surface area contributed by atoms with Crippen molar-refractivity contribution in [2.24, 2.45) is 5.41 Å². The van der Waals surface area contributed by atoms with Gasteiger partial charge in [0, 0.05) is 0 Å². The quantitative estimate of drug-likeness (QED) is 0.559. The summed E-state index contributed by atoms with van der Waals surface area (Å²) in [7, 11) is 0. The second kappa shape index (κ2) is 5.83. The van der Waals surface area contributed by atoms with E-state index in [0.29, 0.717) is 6.42 Å². The van der Waals surface area contributed by atoms with E-state index in [9.17, 15) is 9.59 Å². The van der Waals surface area contributed by atoms with Gasteiger partial charge in [0.2, 0.25) is 0 Å². The van der Waals surface area contributed by atoms with E-state index >= 15 is 0 Å². The Hall–Kier alpha value is -1.12. The smallest absolute Gasteiger partial charge is 0.317 e. The Morgan fingerprint density at radius 1 is 1.12 bits per heavy atom. The summed E-state index contributed by atoms with van der Waals surface area (Å²) in [4.78, 5) is 22.6. The fourth-order valence-electron chi connectivity index (χ4n) is 1.86. The van der Waals surface area contributed by atoms with Gasteiger partial charge in [-0.1, -0.05) is 25.0 Å². The van der Waals surface area contributed by atoms with E-state index in [-0.39, 0.29) is 5.78 Å². The molecule has 1 unspecified atom stereocenters. The van der Waals surface area contributed by atoms with Crippen molar-refractivity contribution in [3.8, 4) is 0 Å². The number of carbonyl (C=O) groups is 2. The molecule has 0 aromatic carbocycles. The number of carboxylic acid groups (broad SMARTS) is 1. The molecule has 0 aromatic heterocycles. The summed E-state index contributed by atoms with van der Waals surface area (Å²) in [6.45, 7) is 8.87. The van der Waals surface area contributed by atoms with Gasteiger partial charge in [-0.3, -0.25) is 9.59 Å². The van der Waals surface area contributed by atoms with Crippen LogP contribution in [0.3, 0.4) is 0 Å². The fourth-order valence-corrected chi connectivity index (χ4v) is 1.86. The van der Waals surface area contributed by atoms with Crippen molar-refractivity contribution in [3.05, 3.63) is 11.1 Å². The molecule has 0 rings (SSSR count). The number of carbonyl (C=O) groups excluding carboxylic acids is 1. The van der Waals surface area contributed by atoms with E-state index < -0.39 is 11.4 Å². The van der Waals surface area contributed by atoms with Gasteiger partial charge in [-0.15, -0.1) is 0 Å². The maximum Gasteiger partial charge on any atom is 0.317 e. The molecule has 0 spiro atoms. The number of hydrogen-bond acceptors (Lipinski definition) is 2. The third-order valence-corrected chi connectivity index (χ3v) is 3.32. The molecule has 0 saturated heterocycles. The molecule has 0 aliphatic heterocycles. The Bertz CT molecular complexity index is 293. The predicted octanol–water partition coefficient (Wildman–Crippen LogP) is 3.19. The third-order valence-electron chi connectivity index (χ3n) is 3.32. The van der Waals surface area contributed by atoms with Crippen molar-refractivity contribution >= 4 is 11.8 Å². The van der Waals surface area contributed by atoms with Crippen LogP contribution in [0.1, 0.15) is 53.9 Å². The predicted molar refractivity (Wildman–Crippen MR) is 64.3 cm³/mol. The monoisotopic (exact) mass is 226 g/mol. The lowest BCUT2D eigenvalue weighted by molar-refractivity contribution is -0.153. The Morgan fingerprint density at radius 3 is 1.81 bits per heavy atom. The molecule has 0 radical (unpaired) electrons. The number of aliphatic carboxylic acids is 1. The Balaban J connectivity index is 5.13. The minimum absolute atomic E-state index is 0.286. The van der Waals surface area contributed by atoms with Crippen LogP contribution in [0, 0.1) is 5.41 Å². The molecule has 0 aromatic rings. The maximum absolute atomic E-state index is 11.4. The zero-order chi connectivity index (χ0) is 12.9. The maximum atomic E-state index is 11.4. The first-order valence-electron chi connectivity index (χ1n) is 5.71. The molecule has 16 heavy (non-hydrogen) atoms. The molecular weight excluding hydrogens is 204 g/mol. The molecule has 0 heterocycles. The summed E-state index contributed by atoms with van der Waals surface area (Å²) < 4.78 is 0. The molecule has 92 valence electrons. The van der Waals surface area contributed by atoms with Crippen LogP contribution in [0.4, 0.5) is 0 Å². The summed E-state index contributed by atoms with van der Waals surface area (Å²) in [5.74, 6) is -1.32. The molecular formula is C13H22O3. The molecule has 1 N–H and O–H groups in total. The topological polar surface area (TPSA) is 54.4 Å². The lowest BCUT2D eigenvalue weighted by Crippen LogP contribution is -2.35. The van der Waals surface area contributed by atoms with Crippen LogP contribution in [0.2, 0.25) is 0 Å². The van der Waals surface area contributed by atoms with E-state index in [1.54, 1.807) is 0 Å². The fraction of sp³-hybridized carbons (Fsp3) is 0.692. The van der Waals surface area contributed by atoms with E-state index in [1.165, 1.54) is 19.4 Å². The van der Waals surface area contributed by atoms with Crippen LogP contribution < -0.4 is 0 Å². The molecule has 0 aliphatic rings. The van der Waals surface area contributed by atoms with Gasteiger partial charge in [-0.2, -0.15) is 0 Å². The molecule has 0 aliphatic carbocycles. The van der Waals surface area contributed by atoms with Crippen LogP contribution in [0.5, 0.6) is 0 Å². The first-order chi connectivity index (χ1) is 7.29. The van der Waals surface area contributed by atoms with Crippen molar-refractivity contribution in [1.29, 1.82) is 0 Å². The first kappa shape index (κ1) is 14.9. The summed E-state index contributed by atoms with van der Waals surface area (Å²) in [5.41, 5.74) is 0.999. The number of carboxylic acids is 1. The molecule has 0 bridgehead atoms. The second-order valence-corrected chi connectivity index (χ2v) is 4.46. The normalized spacial score (nSPS) is 14.1. The number of rotatable bonds is 6. The molecule has 0 amide bonds. The van der Waals surface area contributed by atoms with Gasteiger partial charge < -0.3 is 5.11 Å². The number of ketones is 1. The third kappa shape index (κ3) is 3.19. The van der Waals surface area contributed by atoms with Gasteiger partial charge in [0.1, 0.15) is 11.2 Å². The summed E-state index contributed by atoms with van der Waals surface area (Å²) in [6.07, 6.45) is 2.14. The lowest BCUT2D eigenvalue weighted by atomic mass is 9.79. The van der Waals surface area contributed by atoms with Crippen molar-refractivity contribution in [2.75, 3.05) is 0 Å². The largest absolute Gasteiger partial charge is 0.480 e. The first-order valence-corrected chi connectivity index (χ1v) is 5.71. The van der Waals surface area contributed by atoms with Gasteiger partial charge in [-0.05, 0) is 40.0 Å². The zero-order valence-corrected chi connectivity index (χ0v) is 10.9. The molecule has 0 fully saturated rings. The summed E-state index contributed by atoms with van der Waals surface area (Å²) in [5, 5.41) is 9.14. The van der Waals surface area contributed by atoms with Crippen LogP contribution in [-0.2, 0) is 9.59 Å². The SMILES string of the molecule is CCC(CC)=C(C)CC(C)(C(C)=O)C(=O)O. The summed E-state index contributed by atoms with van der Waals surface area (Å²) in [6, 6.07) is 0. The standard InChI is InChI=1S/C13H22O3/c1-6-11(7-2)9(3)8-13(5,10(4)14)12(15)16/h6-8H2,1-5H3,(H,15,16). The Kier molecular flexibility index (Phi) is 5.42. The molecule has 3 nitrogen and oxygen atoms in total. The van der Waals surface area contributed by atoms with Gasteiger partial charge in [0.15, 0.2) is 0 Å². The van der Waals surface area contributed by atoms with E-state index in [1.807, 2.05) is 20.8 Å². The minimum atomic E-state index is -1.28. The second-order valence-electron chi connectivity index (χ2n) is 4.46. The van der Waals surface area contributed by atoms with Crippen LogP contribution in [-0.4, -0.2) is 16.9 Å². The van der Waals surface area contributed by atoms with Crippen molar-refractivity contribution in [2.45, 2.75) is 53.9 Å². The molecule has 3 heteroatoms. The van der Waals surface area contributed by atoms with Crippen LogP contribution >= 0.6 is 0 Å². The average Bonchev–Trinajstić information content (AvgIpc) is 2.18. The molecule has 1 atom stereocenters. The van der Waals surface area contributed by atoms with Crippen molar-refractivity contribution in [1.82, 2.24) is 0 Å². The van der Waals surface area contributed by atoms with Crippen molar-refractivity contribution < 1.29 is 14.7 Å². The van der Waals surface area contributed by atoms with Gasteiger partial charge in [0.25, 0.3) is 0 Å². The molecule has 0 saturated carbocycles. The highest BCUT2D eigenvalue weighted by Crippen LogP contribution is 2.30. The number of hydrogen-bond donors (Lipinski definition) is 1. The highest BCUT2D eigenvalue weighted by atomic mass is 16.4. The number of allylic oxidation sites excluding steroid dienone is 2. The van der Waals surface area contributed by atoms with Crippen LogP contribution in [0.25, 0.3) is 0 Å². The van der Waals surface area contributed by atoms with E-state index in [0.717, 1.165) is 18.4 Å². The summed E-state index contributed by atoms with van der Waals surface area (Å²) >= 11 is 0. The van der Waals surface area contributed by atoms with Gasteiger partial charge in [-0.25, -0.2) is 0 Å². The van der Waals surface area contributed by atoms with Gasteiger partial charge >= 0.3 is 5.97 Å². The lowest BCUT2D eigenvalue weighted by Gasteiger charge is -2.23. The number of Topliss-reactive ketones (excluding diaryl/α,β-unsaturated/α-hetero) is 1. The van der Waals surface area contributed by atoms with Gasteiger partial charge in [0.05, 0.1) is 0 Å². The van der Waals surface area contributed by atoms with Crippen LogP contribution in [0.15, 0.2) is 11.1 Å².